The maximum absolute atomic E-state index is 12.9. The van der Waals surface area contributed by atoms with E-state index in [0.29, 0.717) is 22.9 Å². The number of anilines is 1. The lowest BCUT2D eigenvalue weighted by molar-refractivity contribution is 0.102. The lowest BCUT2D eigenvalue weighted by Crippen LogP contribution is -2.25. The molecule has 1 fully saturated rings. The summed E-state index contributed by atoms with van der Waals surface area (Å²) in [6.45, 7) is 7.79. The molecule has 1 aromatic carbocycles. The molecule has 6 nitrogen and oxygen atoms in total. The second-order valence-electron chi connectivity index (χ2n) is 7.99. The fourth-order valence-corrected chi connectivity index (χ4v) is 5.35. The van der Waals surface area contributed by atoms with Gasteiger partial charge in [0.25, 0.3) is 5.91 Å². The minimum atomic E-state index is -3.41. The standard InChI is InChI=1S/C23H31N3O3S/c1-4-14-24-30(28,29)16-19-10-12-20(13-11-19)25-23(27)22-15-17(2)26(18(22)3)21-8-6-5-7-9-21/h4,10-13,15,21,24H,1,5-9,14,16H2,2-3H3,(H,25,27). The highest BCUT2D eigenvalue weighted by molar-refractivity contribution is 7.88. The van der Waals surface area contributed by atoms with Crippen LogP contribution in [0.25, 0.3) is 0 Å². The number of benzene rings is 1. The second-order valence-corrected chi connectivity index (χ2v) is 9.80. The molecular weight excluding hydrogens is 398 g/mol. The number of nitrogens with one attached hydrogen (secondary N) is 2. The Balaban J connectivity index is 1.68. The Morgan fingerprint density at radius 3 is 2.47 bits per heavy atom. The molecule has 0 atom stereocenters. The molecule has 1 amide bonds. The highest BCUT2D eigenvalue weighted by atomic mass is 32.2. The second kappa shape index (κ2) is 9.62. The molecule has 2 N–H and O–H groups in total. The molecule has 1 aliphatic carbocycles. The van der Waals surface area contributed by atoms with E-state index in [0.717, 1.165) is 11.4 Å². The minimum Gasteiger partial charge on any atom is -0.345 e. The zero-order chi connectivity index (χ0) is 21.7. The number of hydrogen-bond donors (Lipinski definition) is 2. The van der Waals surface area contributed by atoms with Crippen molar-refractivity contribution in [2.24, 2.45) is 0 Å². The number of rotatable bonds is 8. The first-order chi connectivity index (χ1) is 14.3. The fraction of sp³-hybridized carbons (Fsp3) is 0.435. The number of aromatic nitrogens is 1. The molecule has 1 aliphatic rings. The quantitative estimate of drug-likeness (QED) is 0.608. The van der Waals surface area contributed by atoms with Crippen LogP contribution in [0.4, 0.5) is 5.69 Å². The van der Waals surface area contributed by atoms with Crippen molar-refractivity contribution in [2.75, 3.05) is 11.9 Å². The number of aryl methyl sites for hydroxylation is 1. The van der Waals surface area contributed by atoms with Gasteiger partial charge in [-0.3, -0.25) is 4.79 Å². The first kappa shape index (κ1) is 22.3. The molecule has 0 unspecified atom stereocenters. The maximum Gasteiger partial charge on any atom is 0.257 e. The molecule has 0 saturated heterocycles. The predicted molar refractivity (Wildman–Crippen MR) is 121 cm³/mol. The molecule has 7 heteroatoms. The summed E-state index contributed by atoms with van der Waals surface area (Å²) in [6.07, 6.45) is 7.63. The molecule has 0 bridgehead atoms. The molecular formula is C23H31N3O3S. The summed E-state index contributed by atoms with van der Waals surface area (Å²) in [6, 6.07) is 9.34. The maximum atomic E-state index is 12.9. The molecule has 0 spiro atoms. The predicted octanol–water partition coefficient (Wildman–Crippen LogP) is 4.47. The van der Waals surface area contributed by atoms with Crippen molar-refractivity contribution in [3.63, 3.8) is 0 Å². The lowest BCUT2D eigenvalue weighted by atomic mass is 9.95. The fourth-order valence-electron chi connectivity index (χ4n) is 4.25. The van der Waals surface area contributed by atoms with Gasteiger partial charge in [0, 0.05) is 29.7 Å². The summed E-state index contributed by atoms with van der Waals surface area (Å²) in [5.41, 5.74) is 4.12. The average molecular weight is 430 g/mol. The van der Waals surface area contributed by atoms with Crippen molar-refractivity contribution in [1.82, 2.24) is 9.29 Å². The summed E-state index contributed by atoms with van der Waals surface area (Å²) >= 11 is 0. The smallest absolute Gasteiger partial charge is 0.257 e. The van der Waals surface area contributed by atoms with E-state index in [4.69, 9.17) is 0 Å². The van der Waals surface area contributed by atoms with Crippen molar-refractivity contribution in [3.05, 3.63) is 65.5 Å². The van der Waals surface area contributed by atoms with Gasteiger partial charge in [-0.15, -0.1) is 6.58 Å². The number of amides is 1. The van der Waals surface area contributed by atoms with Gasteiger partial charge in [0.05, 0.1) is 11.3 Å². The van der Waals surface area contributed by atoms with E-state index >= 15 is 0 Å². The first-order valence-electron chi connectivity index (χ1n) is 10.5. The van der Waals surface area contributed by atoms with Crippen LogP contribution >= 0.6 is 0 Å². The molecule has 1 aromatic heterocycles. The Morgan fingerprint density at radius 1 is 1.17 bits per heavy atom. The third kappa shape index (κ3) is 5.40. The average Bonchev–Trinajstić information content (AvgIpc) is 3.02. The monoisotopic (exact) mass is 429 g/mol. The Hall–Kier alpha value is -2.38. The third-order valence-electron chi connectivity index (χ3n) is 5.68. The summed E-state index contributed by atoms with van der Waals surface area (Å²) in [7, 11) is -3.41. The van der Waals surface area contributed by atoms with E-state index in [1.807, 2.05) is 13.0 Å². The molecule has 0 radical (unpaired) electrons. The van der Waals surface area contributed by atoms with Gasteiger partial charge in [-0.1, -0.05) is 37.5 Å². The summed E-state index contributed by atoms with van der Waals surface area (Å²) in [4.78, 5) is 12.9. The van der Waals surface area contributed by atoms with Crippen LogP contribution in [0.15, 0.2) is 43.0 Å². The van der Waals surface area contributed by atoms with Crippen LogP contribution in [0.5, 0.6) is 0 Å². The number of sulfonamides is 1. The summed E-state index contributed by atoms with van der Waals surface area (Å²) < 4.78 is 28.7. The van der Waals surface area contributed by atoms with E-state index < -0.39 is 10.0 Å². The molecule has 162 valence electrons. The Kier molecular flexibility index (Phi) is 7.15. The largest absolute Gasteiger partial charge is 0.345 e. The van der Waals surface area contributed by atoms with Gasteiger partial charge < -0.3 is 9.88 Å². The number of nitrogens with zero attached hydrogens (tertiary/aromatic N) is 1. The van der Waals surface area contributed by atoms with Crippen molar-refractivity contribution in [3.8, 4) is 0 Å². The molecule has 0 aliphatic heterocycles. The highest BCUT2D eigenvalue weighted by Gasteiger charge is 2.22. The van der Waals surface area contributed by atoms with Crippen molar-refractivity contribution >= 4 is 21.6 Å². The zero-order valence-electron chi connectivity index (χ0n) is 17.8. The number of carbonyl (C=O) groups is 1. The van der Waals surface area contributed by atoms with Gasteiger partial charge in [0.15, 0.2) is 0 Å². The van der Waals surface area contributed by atoms with Crippen LogP contribution in [-0.2, 0) is 15.8 Å². The van der Waals surface area contributed by atoms with Gasteiger partial charge in [-0.25, -0.2) is 13.1 Å². The van der Waals surface area contributed by atoms with Gasteiger partial charge >= 0.3 is 0 Å². The van der Waals surface area contributed by atoms with Gasteiger partial charge in [-0.2, -0.15) is 0 Å². The Labute approximate surface area is 179 Å². The van der Waals surface area contributed by atoms with Crippen LogP contribution in [-0.4, -0.2) is 25.4 Å². The lowest BCUT2D eigenvalue weighted by Gasteiger charge is -2.26. The zero-order valence-corrected chi connectivity index (χ0v) is 18.6. The minimum absolute atomic E-state index is 0.113. The van der Waals surface area contributed by atoms with Gasteiger partial charge in [-0.05, 0) is 50.5 Å². The van der Waals surface area contributed by atoms with Crippen LogP contribution in [0.3, 0.4) is 0 Å². The normalized spacial score (nSPS) is 15.1. The SMILES string of the molecule is C=CCNS(=O)(=O)Cc1ccc(NC(=O)c2cc(C)n(C3CCCCC3)c2C)cc1. The van der Waals surface area contributed by atoms with Crippen LogP contribution in [0.1, 0.15) is 65.5 Å². The highest BCUT2D eigenvalue weighted by Crippen LogP contribution is 2.32. The number of hydrogen-bond acceptors (Lipinski definition) is 3. The van der Waals surface area contributed by atoms with E-state index in [1.165, 1.54) is 38.2 Å². The summed E-state index contributed by atoms with van der Waals surface area (Å²) in [5, 5.41) is 2.94. The first-order valence-corrected chi connectivity index (χ1v) is 12.1. The molecule has 3 rings (SSSR count). The van der Waals surface area contributed by atoms with Crippen molar-refractivity contribution in [2.45, 2.75) is 57.7 Å². The van der Waals surface area contributed by atoms with E-state index in [2.05, 4.69) is 28.1 Å². The molecule has 2 aromatic rings. The topological polar surface area (TPSA) is 80.2 Å². The Morgan fingerprint density at radius 2 is 1.83 bits per heavy atom. The van der Waals surface area contributed by atoms with Crippen LogP contribution in [0, 0.1) is 13.8 Å². The van der Waals surface area contributed by atoms with E-state index in [-0.39, 0.29) is 18.2 Å². The van der Waals surface area contributed by atoms with Crippen LogP contribution < -0.4 is 10.0 Å². The van der Waals surface area contributed by atoms with Crippen molar-refractivity contribution in [1.29, 1.82) is 0 Å². The van der Waals surface area contributed by atoms with Gasteiger partial charge in [0.2, 0.25) is 10.0 Å². The van der Waals surface area contributed by atoms with Crippen LogP contribution in [0.2, 0.25) is 0 Å². The molecule has 30 heavy (non-hydrogen) atoms. The van der Waals surface area contributed by atoms with Gasteiger partial charge in [0.1, 0.15) is 0 Å². The van der Waals surface area contributed by atoms with E-state index in [1.54, 1.807) is 24.3 Å². The van der Waals surface area contributed by atoms with Crippen molar-refractivity contribution < 1.29 is 13.2 Å². The molecule has 1 saturated carbocycles. The molecule has 1 heterocycles. The Bertz CT molecular complexity index is 1000. The summed E-state index contributed by atoms with van der Waals surface area (Å²) in [5.74, 6) is -0.254. The third-order valence-corrected chi connectivity index (χ3v) is 7.00. The number of carbonyl (C=O) groups excluding carboxylic acids is 1. The van der Waals surface area contributed by atoms with E-state index in [9.17, 15) is 13.2 Å².